The fourth-order valence-electron chi connectivity index (χ4n) is 3.10. The molecule has 2 heterocycles. The van der Waals surface area contributed by atoms with Crippen LogP contribution in [-0.4, -0.2) is 43.3 Å². The van der Waals surface area contributed by atoms with E-state index >= 15 is 0 Å². The second kappa shape index (κ2) is 6.75. The Kier molecular flexibility index (Phi) is 4.73. The Labute approximate surface area is 129 Å². The number of nitrogens with zero attached hydrogens (tertiary/aromatic N) is 1. The standard InChI is InChI=1S/C16H21NO5/c1-3-20-15-9-12(11-7-5-4-6-8-11)13-10-14(16(18)19-2)21-17(13)22-15/h4-8,12-15H,3,9-10H2,1-2H3. The third-order valence-corrected chi connectivity index (χ3v) is 4.13. The summed E-state index contributed by atoms with van der Waals surface area (Å²) in [4.78, 5) is 23.1. The van der Waals surface area contributed by atoms with Crippen LogP contribution in [0.4, 0.5) is 0 Å². The lowest BCUT2D eigenvalue weighted by Crippen LogP contribution is -2.44. The zero-order chi connectivity index (χ0) is 15.5. The SMILES string of the molecule is CCOC1CC(c2ccccc2)C2CC(C(=O)OC)ON2O1. The summed E-state index contributed by atoms with van der Waals surface area (Å²) in [6, 6.07) is 10.2. The highest BCUT2D eigenvalue weighted by molar-refractivity contribution is 5.74. The number of benzene rings is 1. The summed E-state index contributed by atoms with van der Waals surface area (Å²) in [5.41, 5.74) is 1.19. The Balaban J connectivity index is 1.82. The van der Waals surface area contributed by atoms with Crippen molar-refractivity contribution in [2.75, 3.05) is 13.7 Å². The van der Waals surface area contributed by atoms with Crippen molar-refractivity contribution in [3.63, 3.8) is 0 Å². The highest BCUT2D eigenvalue weighted by Gasteiger charge is 2.48. The predicted octanol–water partition coefficient (Wildman–Crippen LogP) is 2.02. The number of esters is 1. The van der Waals surface area contributed by atoms with Crippen molar-refractivity contribution in [1.29, 1.82) is 0 Å². The predicted molar refractivity (Wildman–Crippen MR) is 77.4 cm³/mol. The van der Waals surface area contributed by atoms with Gasteiger partial charge in [-0.25, -0.2) is 9.63 Å². The van der Waals surface area contributed by atoms with Gasteiger partial charge in [0.1, 0.15) is 0 Å². The molecule has 4 atom stereocenters. The third kappa shape index (κ3) is 3.01. The van der Waals surface area contributed by atoms with Crippen LogP contribution in [0.3, 0.4) is 0 Å². The van der Waals surface area contributed by atoms with Gasteiger partial charge < -0.3 is 9.47 Å². The Morgan fingerprint density at radius 1 is 1.27 bits per heavy atom. The minimum Gasteiger partial charge on any atom is -0.467 e. The first-order valence-corrected chi connectivity index (χ1v) is 7.60. The Morgan fingerprint density at radius 3 is 2.73 bits per heavy atom. The minimum atomic E-state index is -0.624. The van der Waals surface area contributed by atoms with E-state index in [4.69, 9.17) is 19.1 Å². The van der Waals surface area contributed by atoms with Gasteiger partial charge in [0.2, 0.25) is 0 Å². The molecule has 22 heavy (non-hydrogen) atoms. The van der Waals surface area contributed by atoms with Crippen LogP contribution >= 0.6 is 0 Å². The molecule has 0 amide bonds. The molecule has 0 N–H and O–H groups in total. The zero-order valence-electron chi connectivity index (χ0n) is 12.8. The highest BCUT2D eigenvalue weighted by Crippen LogP contribution is 2.41. The maximum absolute atomic E-state index is 11.7. The van der Waals surface area contributed by atoms with Gasteiger partial charge in [0, 0.05) is 25.4 Å². The summed E-state index contributed by atoms with van der Waals surface area (Å²) in [5.74, 6) is -0.195. The van der Waals surface area contributed by atoms with Crippen LogP contribution in [0.1, 0.15) is 31.2 Å². The number of rotatable bonds is 4. The van der Waals surface area contributed by atoms with Gasteiger partial charge in [0.25, 0.3) is 0 Å². The van der Waals surface area contributed by atoms with Crippen LogP contribution in [0.15, 0.2) is 30.3 Å². The molecule has 0 spiro atoms. The van der Waals surface area contributed by atoms with Crippen LogP contribution in [0, 0.1) is 0 Å². The van der Waals surface area contributed by atoms with Gasteiger partial charge in [0.15, 0.2) is 12.4 Å². The molecule has 2 aliphatic rings. The van der Waals surface area contributed by atoms with Gasteiger partial charge >= 0.3 is 5.97 Å². The van der Waals surface area contributed by atoms with Crippen molar-refractivity contribution in [2.45, 2.75) is 44.1 Å². The summed E-state index contributed by atoms with van der Waals surface area (Å²) in [6.45, 7) is 2.49. The number of hydrogen-bond acceptors (Lipinski definition) is 6. The van der Waals surface area contributed by atoms with Gasteiger partial charge in [-0.3, -0.25) is 4.84 Å². The first-order chi connectivity index (χ1) is 10.7. The first-order valence-electron chi connectivity index (χ1n) is 7.60. The normalized spacial score (nSPS) is 31.7. The molecule has 3 rings (SSSR count). The summed E-state index contributed by atoms with van der Waals surface area (Å²) in [5, 5.41) is 1.43. The van der Waals surface area contributed by atoms with Gasteiger partial charge in [-0.2, -0.15) is 0 Å². The molecule has 2 fully saturated rings. The summed E-state index contributed by atoms with van der Waals surface area (Å²) in [7, 11) is 1.36. The third-order valence-electron chi connectivity index (χ3n) is 4.13. The average Bonchev–Trinajstić information content (AvgIpc) is 2.98. The summed E-state index contributed by atoms with van der Waals surface area (Å²) >= 11 is 0. The molecule has 6 heteroatoms. The second-order valence-corrected chi connectivity index (χ2v) is 5.45. The molecule has 2 saturated heterocycles. The number of hydroxylamine groups is 2. The van der Waals surface area contributed by atoms with Crippen LogP contribution in [-0.2, 0) is 23.9 Å². The van der Waals surface area contributed by atoms with Crippen molar-refractivity contribution in [3.05, 3.63) is 35.9 Å². The van der Waals surface area contributed by atoms with E-state index in [1.54, 1.807) is 0 Å². The van der Waals surface area contributed by atoms with Crippen LogP contribution in [0.2, 0.25) is 0 Å². The van der Waals surface area contributed by atoms with Gasteiger partial charge in [-0.05, 0) is 12.5 Å². The monoisotopic (exact) mass is 307 g/mol. The van der Waals surface area contributed by atoms with Crippen LogP contribution in [0.5, 0.6) is 0 Å². The summed E-state index contributed by atoms with van der Waals surface area (Å²) in [6.07, 6.45) is 0.283. The van der Waals surface area contributed by atoms with Crippen molar-refractivity contribution in [3.8, 4) is 0 Å². The number of fused-ring (bicyclic) bond motifs is 1. The molecule has 6 nitrogen and oxygen atoms in total. The van der Waals surface area contributed by atoms with Crippen LogP contribution < -0.4 is 0 Å². The average molecular weight is 307 g/mol. The number of methoxy groups -OCH3 is 1. The number of ether oxygens (including phenoxy) is 2. The van der Waals surface area contributed by atoms with E-state index in [0.717, 1.165) is 6.42 Å². The first kappa shape index (κ1) is 15.4. The van der Waals surface area contributed by atoms with Crippen molar-refractivity contribution >= 4 is 5.97 Å². The number of hydrogen-bond donors (Lipinski definition) is 0. The van der Waals surface area contributed by atoms with E-state index in [-0.39, 0.29) is 24.2 Å². The van der Waals surface area contributed by atoms with E-state index in [9.17, 15) is 4.79 Å². The number of carbonyl (C=O) groups is 1. The molecule has 0 saturated carbocycles. The minimum absolute atomic E-state index is 0.0248. The lowest BCUT2D eigenvalue weighted by molar-refractivity contribution is -0.435. The van der Waals surface area contributed by atoms with Crippen molar-refractivity contribution < 1.29 is 23.9 Å². The van der Waals surface area contributed by atoms with E-state index in [1.165, 1.54) is 17.9 Å². The molecular weight excluding hydrogens is 286 g/mol. The van der Waals surface area contributed by atoms with Gasteiger partial charge in [-0.1, -0.05) is 35.6 Å². The van der Waals surface area contributed by atoms with E-state index in [0.29, 0.717) is 13.0 Å². The fourth-order valence-corrected chi connectivity index (χ4v) is 3.10. The molecule has 4 unspecified atom stereocenters. The van der Waals surface area contributed by atoms with Gasteiger partial charge in [-0.15, -0.1) is 0 Å². The van der Waals surface area contributed by atoms with Crippen molar-refractivity contribution in [2.24, 2.45) is 0 Å². The molecule has 1 aromatic rings. The lowest BCUT2D eigenvalue weighted by Gasteiger charge is -2.38. The molecule has 2 aliphatic heterocycles. The van der Waals surface area contributed by atoms with E-state index in [2.05, 4.69) is 12.1 Å². The molecule has 0 aliphatic carbocycles. The maximum Gasteiger partial charge on any atom is 0.337 e. The van der Waals surface area contributed by atoms with E-state index in [1.807, 2.05) is 25.1 Å². The molecule has 0 aromatic heterocycles. The maximum atomic E-state index is 11.7. The topological polar surface area (TPSA) is 57.2 Å². The van der Waals surface area contributed by atoms with E-state index < -0.39 is 6.10 Å². The van der Waals surface area contributed by atoms with Gasteiger partial charge in [0.05, 0.1) is 13.2 Å². The largest absolute Gasteiger partial charge is 0.467 e. The molecule has 0 radical (unpaired) electrons. The molecule has 1 aromatic carbocycles. The summed E-state index contributed by atoms with van der Waals surface area (Å²) < 4.78 is 10.4. The molecule has 120 valence electrons. The highest BCUT2D eigenvalue weighted by atomic mass is 17.0. The quantitative estimate of drug-likeness (QED) is 0.793. The molecule has 0 bridgehead atoms. The number of carbonyl (C=O) groups excluding carboxylic acids is 1. The van der Waals surface area contributed by atoms with Crippen LogP contribution in [0.25, 0.3) is 0 Å². The lowest BCUT2D eigenvalue weighted by atomic mass is 9.85. The Hall–Kier alpha value is -1.47. The molecular formula is C16H21NO5. The second-order valence-electron chi connectivity index (χ2n) is 5.45. The fraction of sp³-hybridized carbons (Fsp3) is 0.562. The Bertz CT molecular complexity index is 509. The Morgan fingerprint density at radius 2 is 2.05 bits per heavy atom. The van der Waals surface area contributed by atoms with Crippen molar-refractivity contribution in [1.82, 2.24) is 5.23 Å². The smallest absolute Gasteiger partial charge is 0.337 e. The zero-order valence-corrected chi connectivity index (χ0v) is 12.8.